The third-order valence-electron chi connectivity index (χ3n) is 3.76. The smallest absolute Gasteiger partial charge is 0.387 e. The van der Waals surface area contributed by atoms with Crippen LogP contribution in [0, 0.1) is 6.92 Å². The van der Waals surface area contributed by atoms with Crippen LogP contribution in [0.3, 0.4) is 0 Å². The molecule has 0 aliphatic rings. The zero-order valence-corrected chi connectivity index (χ0v) is 17.3. The summed E-state index contributed by atoms with van der Waals surface area (Å²) in [4.78, 5) is 18.2. The van der Waals surface area contributed by atoms with E-state index in [0.29, 0.717) is 24.1 Å². The van der Waals surface area contributed by atoms with Crippen molar-refractivity contribution in [1.82, 2.24) is 20.1 Å². The van der Waals surface area contributed by atoms with Gasteiger partial charge in [-0.3, -0.25) is 4.79 Å². The van der Waals surface area contributed by atoms with Gasteiger partial charge in [0.15, 0.2) is 0 Å². The molecule has 11 heteroatoms. The van der Waals surface area contributed by atoms with Crippen molar-refractivity contribution in [2.75, 3.05) is 12.8 Å². The van der Waals surface area contributed by atoms with Crippen molar-refractivity contribution in [3.63, 3.8) is 0 Å². The molecule has 0 saturated heterocycles. The largest absolute Gasteiger partial charge is 0.435 e. The first kappa shape index (κ1) is 21.2. The maximum atomic E-state index is 12.3. The zero-order chi connectivity index (χ0) is 20.8. The van der Waals surface area contributed by atoms with Crippen LogP contribution in [0.5, 0.6) is 5.75 Å². The van der Waals surface area contributed by atoms with Crippen molar-refractivity contribution in [2.24, 2.45) is 0 Å². The number of thiazole rings is 1. The van der Waals surface area contributed by atoms with E-state index in [1.807, 2.05) is 12.3 Å². The number of thioether (sulfide) groups is 1. The van der Waals surface area contributed by atoms with Crippen LogP contribution >= 0.6 is 23.1 Å². The van der Waals surface area contributed by atoms with E-state index in [9.17, 15) is 13.6 Å². The first-order valence-electron chi connectivity index (χ1n) is 8.53. The summed E-state index contributed by atoms with van der Waals surface area (Å²) in [5.74, 6) is 0.538. The number of aryl methyl sites for hydroxylation is 1. The molecule has 3 aromatic rings. The minimum Gasteiger partial charge on any atom is -0.435 e. The molecule has 0 aliphatic heterocycles. The number of nitrogens with zero attached hydrogens (tertiary/aromatic N) is 4. The predicted molar refractivity (Wildman–Crippen MR) is 104 cm³/mol. The van der Waals surface area contributed by atoms with Gasteiger partial charge < -0.3 is 14.1 Å². The normalized spacial score (nSPS) is 11.1. The van der Waals surface area contributed by atoms with E-state index >= 15 is 0 Å². The average Bonchev–Trinajstić information content (AvgIpc) is 3.30. The zero-order valence-electron chi connectivity index (χ0n) is 15.7. The van der Waals surface area contributed by atoms with E-state index in [1.54, 1.807) is 30.5 Å². The number of alkyl halides is 2. The van der Waals surface area contributed by atoms with Gasteiger partial charge in [0.1, 0.15) is 5.75 Å². The third-order valence-corrected chi connectivity index (χ3v) is 5.39. The summed E-state index contributed by atoms with van der Waals surface area (Å²) in [6.07, 6.45) is 0.455. The Balaban J connectivity index is 1.46. The van der Waals surface area contributed by atoms with E-state index in [0.717, 1.165) is 28.0 Å². The Labute approximate surface area is 174 Å². The van der Waals surface area contributed by atoms with Crippen LogP contribution in [0.15, 0.2) is 39.3 Å². The Hall–Kier alpha value is -2.53. The van der Waals surface area contributed by atoms with Crippen LogP contribution in [0.4, 0.5) is 8.78 Å². The Kier molecular flexibility index (Phi) is 7.15. The van der Waals surface area contributed by atoms with Gasteiger partial charge in [-0.15, -0.1) is 21.5 Å². The summed E-state index contributed by atoms with van der Waals surface area (Å²) in [7, 11) is 1.66. The maximum absolute atomic E-state index is 12.3. The second-order valence-electron chi connectivity index (χ2n) is 6.06. The van der Waals surface area contributed by atoms with E-state index < -0.39 is 6.61 Å². The van der Waals surface area contributed by atoms with Crippen LogP contribution < -0.4 is 4.74 Å². The highest BCUT2D eigenvalue weighted by Gasteiger charge is 2.14. The average molecular weight is 440 g/mol. The number of aromatic nitrogens is 3. The second kappa shape index (κ2) is 9.79. The molecule has 2 heterocycles. The van der Waals surface area contributed by atoms with Crippen molar-refractivity contribution in [1.29, 1.82) is 0 Å². The molecule has 154 valence electrons. The SMILES string of the molecule is Cc1nc(Cc2nnc(SCC(=O)N(C)Cc3ccc(OC(F)F)cc3)o2)cs1. The van der Waals surface area contributed by atoms with Crippen molar-refractivity contribution >= 4 is 29.0 Å². The molecule has 0 fully saturated rings. The second-order valence-corrected chi connectivity index (χ2v) is 8.05. The number of ether oxygens (including phenoxy) is 1. The quantitative estimate of drug-likeness (QED) is 0.469. The third kappa shape index (κ3) is 6.50. The Morgan fingerprint density at radius 3 is 2.72 bits per heavy atom. The molecule has 0 atom stereocenters. The van der Waals surface area contributed by atoms with Crippen molar-refractivity contribution in [3.05, 3.63) is 51.8 Å². The molecule has 0 radical (unpaired) electrons. The Morgan fingerprint density at radius 1 is 1.31 bits per heavy atom. The van der Waals surface area contributed by atoms with E-state index in [2.05, 4.69) is 19.9 Å². The molecule has 7 nitrogen and oxygen atoms in total. The standard InChI is InChI=1S/C18H18F2N4O3S2/c1-11-21-13(9-28-11)7-15-22-23-18(27-15)29-10-16(25)24(2)8-12-3-5-14(6-4-12)26-17(19)20/h3-6,9,17H,7-8,10H2,1-2H3. The Bertz CT molecular complexity index is 947. The van der Waals surface area contributed by atoms with Gasteiger partial charge in [0.25, 0.3) is 5.22 Å². The molecule has 0 aliphatic carbocycles. The molecule has 2 aromatic heterocycles. The predicted octanol–water partition coefficient (Wildman–Crippen LogP) is 3.78. The molecule has 29 heavy (non-hydrogen) atoms. The van der Waals surface area contributed by atoms with Crippen LogP contribution in [-0.2, 0) is 17.8 Å². The van der Waals surface area contributed by atoms with Gasteiger partial charge in [0, 0.05) is 19.0 Å². The van der Waals surface area contributed by atoms with Gasteiger partial charge in [0.05, 0.1) is 22.9 Å². The van der Waals surface area contributed by atoms with Crippen LogP contribution in [0.2, 0.25) is 0 Å². The van der Waals surface area contributed by atoms with Crippen LogP contribution in [0.1, 0.15) is 22.2 Å². The molecule has 0 bridgehead atoms. The lowest BCUT2D eigenvalue weighted by Crippen LogP contribution is -2.27. The first-order valence-corrected chi connectivity index (χ1v) is 10.4. The summed E-state index contributed by atoms with van der Waals surface area (Å²) >= 11 is 2.72. The van der Waals surface area contributed by atoms with E-state index in [1.165, 1.54) is 17.0 Å². The summed E-state index contributed by atoms with van der Waals surface area (Å²) in [5, 5.41) is 11.2. The lowest BCUT2D eigenvalue weighted by atomic mass is 10.2. The summed E-state index contributed by atoms with van der Waals surface area (Å²) in [5.41, 5.74) is 1.67. The molecular formula is C18H18F2N4O3S2. The van der Waals surface area contributed by atoms with Crippen LogP contribution in [-0.4, -0.2) is 45.4 Å². The molecule has 0 saturated carbocycles. The number of hydrogen-bond acceptors (Lipinski definition) is 8. The lowest BCUT2D eigenvalue weighted by molar-refractivity contribution is -0.127. The number of rotatable bonds is 9. The molecule has 0 unspecified atom stereocenters. The van der Waals surface area contributed by atoms with Gasteiger partial charge in [0.2, 0.25) is 11.8 Å². The highest BCUT2D eigenvalue weighted by Crippen LogP contribution is 2.20. The van der Waals surface area contributed by atoms with Gasteiger partial charge in [-0.25, -0.2) is 4.98 Å². The molecule has 0 spiro atoms. The monoisotopic (exact) mass is 440 g/mol. The van der Waals surface area contributed by atoms with Gasteiger partial charge >= 0.3 is 6.61 Å². The number of hydrogen-bond donors (Lipinski definition) is 0. The van der Waals surface area contributed by atoms with Crippen molar-refractivity contribution in [3.8, 4) is 5.75 Å². The fourth-order valence-electron chi connectivity index (χ4n) is 2.38. The molecular weight excluding hydrogens is 422 g/mol. The van der Waals surface area contributed by atoms with Gasteiger partial charge in [-0.1, -0.05) is 23.9 Å². The maximum Gasteiger partial charge on any atom is 0.387 e. The molecule has 0 N–H and O–H groups in total. The summed E-state index contributed by atoms with van der Waals surface area (Å²) in [6, 6.07) is 6.16. The highest BCUT2D eigenvalue weighted by molar-refractivity contribution is 7.99. The molecule has 1 amide bonds. The molecule has 1 aromatic carbocycles. The fourth-order valence-corrected chi connectivity index (χ4v) is 3.72. The number of carbonyl (C=O) groups is 1. The Morgan fingerprint density at radius 2 is 2.07 bits per heavy atom. The van der Waals surface area contributed by atoms with Crippen LogP contribution in [0.25, 0.3) is 0 Å². The van der Waals surface area contributed by atoms with Crippen molar-refractivity contribution < 1.29 is 22.7 Å². The number of amides is 1. The van der Waals surface area contributed by atoms with Gasteiger partial charge in [-0.05, 0) is 24.6 Å². The number of benzene rings is 1. The minimum absolute atomic E-state index is 0.0771. The minimum atomic E-state index is -2.86. The summed E-state index contributed by atoms with van der Waals surface area (Å²) < 4.78 is 34.2. The first-order chi connectivity index (χ1) is 13.9. The highest BCUT2D eigenvalue weighted by atomic mass is 32.2. The molecule has 3 rings (SSSR count). The lowest BCUT2D eigenvalue weighted by Gasteiger charge is -2.17. The van der Waals surface area contributed by atoms with Gasteiger partial charge in [-0.2, -0.15) is 8.78 Å². The fraction of sp³-hybridized carbons (Fsp3) is 0.333. The topological polar surface area (TPSA) is 81.4 Å². The van der Waals surface area contributed by atoms with Crippen molar-refractivity contribution in [2.45, 2.75) is 31.7 Å². The van der Waals surface area contributed by atoms with E-state index in [-0.39, 0.29) is 17.4 Å². The van der Waals surface area contributed by atoms with E-state index in [4.69, 9.17) is 4.42 Å². The number of halogens is 2. The summed E-state index contributed by atoms with van der Waals surface area (Å²) in [6.45, 7) is -0.596. The number of carbonyl (C=O) groups excluding carboxylic acids is 1.